The van der Waals surface area contributed by atoms with Crippen LogP contribution in [-0.2, 0) is 7.05 Å². The largest absolute Gasteiger partial charge is 0.367 e. The van der Waals surface area contributed by atoms with Crippen molar-refractivity contribution < 1.29 is 0 Å². The third kappa shape index (κ3) is 2.37. The first-order valence-electron chi connectivity index (χ1n) is 6.21. The Labute approximate surface area is 112 Å². The Hall–Kier alpha value is -1.07. The minimum absolute atomic E-state index is 0.235. The monoisotopic (exact) mass is 270 g/mol. The lowest BCUT2D eigenvalue weighted by Crippen LogP contribution is -2.35. The molecule has 0 aliphatic carbocycles. The van der Waals surface area contributed by atoms with Gasteiger partial charge in [-0.2, -0.15) is 5.10 Å². The molecule has 0 N–H and O–H groups in total. The number of hydrogen-bond donors (Lipinski definition) is 0. The molecule has 0 bridgehead atoms. The molecule has 2 rings (SSSR count). The summed E-state index contributed by atoms with van der Waals surface area (Å²) < 4.78 is 1.26. The van der Waals surface area contributed by atoms with Crippen molar-refractivity contribution >= 4 is 17.3 Å². The van der Waals surface area contributed by atoms with E-state index in [9.17, 15) is 4.79 Å². The molecule has 6 heteroatoms. The molecular weight excluding hydrogens is 252 g/mol. The third-order valence-electron chi connectivity index (χ3n) is 3.69. The Morgan fingerprint density at radius 3 is 3.00 bits per heavy atom. The van der Waals surface area contributed by atoms with Crippen LogP contribution in [-0.4, -0.2) is 47.4 Å². The van der Waals surface area contributed by atoms with E-state index in [1.807, 2.05) is 0 Å². The quantitative estimate of drug-likeness (QED) is 0.821. The Kier molecular flexibility index (Phi) is 3.92. The maximum absolute atomic E-state index is 11.7. The zero-order valence-electron chi connectivity index (χ0n) is 11.1. The summed E-state index contributed by atoms with van der Waals surface area (Å²) >= 11 is 6.11. The van der Waals surface area contributed by atoms with E-state index in [0.29, 0.717) is 6.04 Å². The van der Waals surface area contributed by atoms with Crippen molar-refractivity contribution in [2.24, 2.45) is 7.05 Å². The summed E-state index contributed by atoms with van der Waals surface area (Å²) in [6.45, 7) is 5.00. The van der Waals surface area contributed by atoms with Gasteiger partial charge in [0.05, 0.1) is 11.9 Å². The molecule has 1 atom stereocenters. The molecule has 1 fully saturated rings. The zero-order valence-corrected chi connectivity index (χ0v) is 11.8. The van der Waals surface area contributed by atoms with Crippen LogP contribution in [0.1, 0.15) is 13.3 Å². The highest BCUT2D eigenvalue weighted by Gasteiger charge is 2.27. The Balaban J connectivity index is 2.20. The summed E-state index contributed by atoms with van der Waals surface area (Å²) in [5.41, 5.74) is 0.522. The smallest absolute Gasteiger partial charge is 0.287 e. The number of nitrogens with zero attached hydrogens (tertiary/aromatic N) is 4. The number of hydrogen-bond acceptors (Lipinski definition) is 4. The summed E-state index contributed by atoms with van der Waals surface area (Å²) in [4.78, 5) is 16.2. The van der Waals surface area contributed by atoms with E-state index >= 15 is 0 Å². The lowest BCUT2D eigenvalue weighted by Gasteiger charge is -2.24. The SMILES string of the molecule is CCN(C)C1CCN(c2cnn(C)c(=O)c2Cl)C1. The van der Waals surface area contributed by atoms with Crippen LogP contribution < -0.4 is 10.5 Å². The first kappa shape index (κ1) is 13.4. The van der Waals surface area contributed by atoms with Crippen molar-refractivity contribution in [3.8, 4) is 0 Å². The molecule has 18 heavy (non-hydrogen) atoms. The molecule has 1 aromatic rings. The van der Waals surface area contributed by atoms with E-state index < -0.39 is 0 Å². The van der Waals surface area contributed by atoms with Gasteiger partial charge in [-0.3, -0.25) is 4.79 Å². The predicted molar refractivity (Wildman–Crippen MR) is 73.4 cm³/mol. The highest BCUT2D eigenvalue weighted by atomic mass is 35.5. The number of rotatable bonds is 3. The van der Waals surface area contributed by atoms with Crippen molar-refractivity contribution in [1.29, 1.82) is 0 Å². The van der Waals surface area contributed by atoms with Crippen molar-refractivity contribution in [3.05, 3.63) is 21.6 Å². The normalized spacial score (nSPS) is 19.8. The summed E-state index contributed by atoms with van der Waals surface area (Å²) in [5, 5.41) is 4.31. The van der Waals surface area contributed by atoms with Gasteiger partial charge in [0.25, 0.3) is 5.56 Å². The first-order chi connectivity index (χ1) is 8.54. The van der Waals surface area contributed by atoms with Crippen LogP contribution in [0.5, 0.6) is 0 Å². The number of anilines is 1. The minimum Gasteiger partial charge on any atom is -0.367 e. The minimum atomic E-state index is -0.235. The van der Waals surface area contributed by atoms with Gasteiger partial charge in [0.2, 0.25) is 0 Å². The molecule has 5 nitrogen and oxygen atoms in total. The molecule has 1 aliphatic heterocycles. The van der Waals surface area contributed by atoms with Crippen LogP contribution in [0.25, 0.3) is 0 Å². The Morgan fingerprint density at radius 1 is 1.61 bits per heavy atom. The second-order valence-corrected chi connectivity index (χ2v) is 5.11. The van der Waals surface area contributed by atoms with Crippen LogP contribution >= 0.6 is 11.6 Å². The fourth-order valence-electron chi connectivity index (χ4n) is 2.30. The summed E-state index contributed by atoms with van der Waals surface area (Å²) in [5.74, 6) is 0. The maximum Gasteiger partial charge on any atom is 0.287 e. The molecule has 1 unspecified atom stereocenters. The fourth-order valence-corrected chi connectivity index (χ4v) is 2.59. The van der Waals surface area contributed by atoms with Crippen LogP contribution in [0.2, 0.25) is 5.02 Å². The van der Waals surface area contributed by atoms with Gasteiger partial charge >= 0.3 is 0 Å². The van der Waals surface area contributed by atoms with Crippen molar-refractivity contribution in [2.45, 2.75) is 19.4 Å². The van der Waals surface area contributed by atoms with Crippen LogP contribution in [0.15, 0.2) is 11.0 Å². The van der Waals surface area contributed by atoms with Crippen LogP contribution in [0, 0.1) is 0 Å². The van der Waals surface area contributed by atoms with Gasteiger partial charge in [-0.05, 0) is 20.0 Å². The molecule has 0 saturated carbocycles. The second kappa shape index (κ2) is 5.28. The molecule has 1 aromatic heterocycles. The van der Waals surface area contributed by atoms with Crippen LogP contribution in [0.3, 0.4) is 0 Å². The molecule has 1 aliphatic rings. The molecule has 0 radical (unpaired) electrons. The van der Waals surface area contributed by atoms with Gasteiger partial charge in [-0.1, -0.05) is 18.5 Å². The standard InChI is InChI=1S/C12H19ClN4O/c1-4-15(2)9-5-6-17(8-9)10-7-14-16(3)12(18)11(10)13/h7,9H,4-6,8H2,1-3H3. The van der Waals surface area contributed by atoms with Crippen molar-refractivity contribution in [1.82, 2.24) is 14.7 Å². The van der Waals surface area contributed by atoms with E-state index in [-0.39, 0.29) is 10.6 Å². The average Bonchev–Trinajstić information content (AvgIpc) is 2.84. The third-order valence-corrected chi connectivity index (χ3v) is 4.04. The number of halogens is 1. The van der Waals surface area contributed by atoms with E-state index in [1.54, 1.807) is 13.2 Å². The highest BCUT2D eigenvalue weighted by molar-refractivity contribution is 6.33. The molecular formula is C12H19ClN4O. The van der Waals surface area contributed by atoms with E-state index in [1.165, 1.54) is 4.68 Å². The lowest BCUT2D eigenvalue weighted by atomic mass is 10.2. The van der Waals surface area contributed by atoms with E-state index in [4.69, 9.17) is 11.6 Å². The number of aromatic nitrogens is 2. The highest BCUT2D eigenvalue weighted by Crippen LogP contribution is 2.26. The van der Waals surface area contributed by atoms with Gasteiger partial charge in [-0.15, -0.1) is 0 Å². The van der Waals surface area contributed by atoms with Crippen molar-refractivity contribution in [3.63, 3.8) is 0 Å². The molecule has 1 saturated heterocycles. The van der Waals surface area contributed by atoms with Gasteiger partial charge in [-0.25, -0.2) is 4.68 Å². The van der Waals surface area contributed by atoms with Gasteiger partial charge in [0.1, 0.15) is 5.02 Å². The number of aryl methyl sites for hydroxylation is 1. The molecule has 0 amide bonds. The van der Waals surface area contributed by atoms with E-state index in [2.05, 4.69) is 28.9 Å². The fraction of sp³-hybridized carbons (Fsp3) is 0.667. The summed E-state index contributed by atoms with van der Waals surface area (Å²) in [6.07, 6.45) is 2.77. The van der Waals surface area contributed by atoms with Crippen LogP contribution in [0.4, 0.5) is 5.69 Å². The second-order valence-electron chi connectivity index (χ2n) is 4.73. The van der Waals surface area contributed by atoms with Gasteiger partial charge < -0.3 is 9.80 Å². The number of likely N-dealkylation sites (N-methyl/N-ethyl adjacent to an activating group) is 1. The average molecular weight is 271 g/mol. The summed E-state index contributed by atoms with van der Waals surface area (Å²) in [6, 6.07) is 0.523. The van der Waals surface area contributed by atoms with E-state index in [0.717, 1.165) is 31.7 Å². The Morgan fingerprint density at radius 2 is 2.33 bits per heavy atom. The first-order valence-corrected chi connectivity index (χ1v) is 6.59. The van der Waals surface area contributed by atoms with Gasteiger partial charge in [0.15, 0.2) is 0 Å². The Bertz CT molecular complexity index is 487. The topological polar surface area (TPSA) is 41.4 Å². The molecule has 100 valence electrons. The maximum atomic E-state index is 11.7. The predicted octanol–water partition coefficient (Wildman–Crippen LogP) is 0.964. The molecule has 0 aromatic carbocycles. The molecule has 2 heterocycles. The summed E-state index contributed by atoms with van der Waals surface area (Å²) in [7, 11) is 3.73. The molecule has 0 spiro atoms. The zero-order chi connectivity index (χ0) is 13.3. The lowest BCUT2D eigenvalue weighted by molar-refractivity contribution is 0.272. The van der Waals surface area contributed by atoms with Crippen molar-refractivity contribution in [2.75, 3.05) is 31.6 Å². The van der Waals surface area contributed by atoms with Gasteiger partial charge in [0, 0.05) is 26.2 Å².